The van der Waals surface area contributed by atoms with Crippen LogP contribution in [0.1, 0.15) is 0 Å². The number of aromatic nitrogens is 2. The van der Waals surface area contributed by atoms with E-state index >= 15 is 0 Å². The lowest BCUT2D eigenvalue weighted by Crippen LogP contribution is -1.92. The third kappa shape index (κ3) is 2.69. The first-order valence-electron chi connectivity index (χ1n) is 14.2. The Morgan fingerprint density at radius 3 is 1.90 bits per heavy atom. The maximum Gasteiger partial charge on any atom is 0.146 e. The fraction of sp³-hybridized carbons (Fsp3) is 0. The molecule has 0 amide bonds. The Morgan fingerprint density at radius 1 is 0.415 bits per heavy atom. The van der Waals surface area contributed by atoms with Gasteiger partial charge in [-0.05, 0) is 89.9 Å². The number of pyridine rings is 1. The van der Waals surface area contributed by atoms with Crippen molar-refractivity contribution in [2.24, 2.45) is 0 Å². The number of para-hydroxylation sites is 3. The molecule has 0 fully saturated rings. The van der Waals surface area contributed by atoms with Gasteiger partial charge in [0.25, 0.3) is 0 Å². The molecule has 2 nitrogen and oxygen atoms in total. The molecule has 0 unspecified atom stereocenters. The van der Waals surface area contributed by atoms with Crippen LogP contribution in [-0.4, -0.2) is 9.38 Å². The predicted molar refractivity (Wildman–Crippen MR) is 174 cm³/mol. The van der Waals surface area contributed by atoms with Crippen LogP contribution >= 0.6 is 0 Å². The fourth-order valence-corrected chi connectivity index (χ4v) is 7.37. The average Bonchev–Trinajstić information content (AvgIpc) is 3.43. The molecule has 0 radical (unpaired) electrons. The summed E-state index contributed by atoms with van der Waals surface area (Å²) >= 11 is 0. The summed E-state index contributed by atoms with van der Waals surface area (Å²) in [7, 11) is 0. The van der Waals surface area contributed by atoms with Gasteiger partial charge < -0.3 is 0 Å². The molecule has 0 bridgehead atoms. The van der Waals surface area contributed by atoms with E-state index in [4.69, 9.17) is 4.98 Å². The molecule has 0 spiro atoms. The minimum atomic E-state index is 1.01. The molecule has 2 aromatic heterocycles. The van der Waals surface area contributed by atoms with Crippen LogP contribution in [0.3, 0.4) is 0 Å². The van der Waals surface area contributed by atoms with E-state index in [0.717, 1.165) is 16.7 Å². The topological polar surface area (TPSA) is 17.3 Å². The van der Waals surface area contributed by atoms with Crippen molar-refractivity contribution in [3.63, 3.8) is 0 Å². The van der Waals surface area contributed by atoms with E-state index in [-0.39, 0.29) is 0 Å². The molecule has 0 aliphatic rings. The van der Waals surface area contributed by atoms with Gasteiger partial charge in [-0.1, -0.05) is 103 Å². The largest absolute Gasteiger partial charge is 0.292 e. The number of fused-ring (bicyclic) bond motifs is 10. The first kappa shape index (κ1) is 21.4. The predicted octanol–water partition coefficient (Wildman–Crippen LogP) is 10.5. The van der Waals surface area contributed by atoms with Gasteiger partial charge in [0.15, 0.2) is 0 Å². The Hall–Kier alpha value is -5.47. The molecule has 2 heteroatoms. The van der Waals surface area contributed by atoms with Crippen molar-refractivity contribution in [3.05, 3.63) is 133 Å². The van der Waals surface area contributed by atoms with E-state index in [2.05, 4.69) is 138 Å². The number of nitrogens with zero attached hydrogens (tertiary/aromatic N) is 2. The lowest BCUT2D eigenvalue weighted by molar-refractivity contribution is 1.31. The van der Waals surface area contributed by atoms with Crippen molar-refractivity contribution in [1.82, 2.24) is 9.38 Å². The maximum absolute atomic E-state index is 5.09. The Kier molecular flexibility index (Phi) is 3.95. The Labute approximate surface area is 235 Å². The monoisotopic (exact) mass is 518 g/mol. The van der Waals surface area contributed by atoms with Crippen molar-refractivity contribution >= 4 is 81.4 Å². The van der Waals surface area contributed by atoms with Gasteiger partial charge in [0.2, 0.25) is 0 Å². The van der Waals surface area contributed by atoms with E-state index in [0.29, 0.717) is 0 Å². The molecule has 8 aromatic carbocycles. The molecule has 0 saturated heterocycles. The van der Waals surface area contributed by atoms with Crippen LogP contribution in [0.4, 0.5) is 0 Å². The molecule has 188 valence electrons. The summed E-state index contributed by atoms with van der Waals surface area (Å²) < 4.78 is 2.31. The third-order valence-corrected chi connectivity index (χ3v) is 9.09. The zero-order chi connectivity index (χ0) is 26.7. The van der Waals surface area contributed by atoms with E-state index in [9.17, 15) is 0 Å². The van der Waals surface area contributed by atoms with Crippen LogP contribution in [0.15, 0.2) is 133 Å². The van der Waals surface area contributed by atoms with Gasteiger partial charge in [-0.3, -0.25) is 4.40 Å². The number of hydrogen-bond acceptors (Lipinski definition) is 1. The molecule has 10 aromatic rings. The van der Waals surface area contributed by atoms with Gasteiger partial charge >= 0.3 is 0 Å². The molecule has 41 heavy (non-hydrogen) atoms. The van der Waals surface area contributed by atoms with E-state index in [1.54, 1.807) is 0 Å². The summed E-state index contributed by atoms with van der Waals surface area (Å²) in [6.07, 6.45) is 0. The second-order valence-corrected chi connectivity index (χ2v) is 11.1. The van der Waals surface area contributed by atoms with Crippen molar-refractivity contribution < 1.29 is 0 Å². The van der Waals surface area contributed by atoms with Crippen LogP contribution < -0.4 is 0 Å². The summed E-state index contributed by atoms with van der Waals surface area (Å²) in [5, 5.41) is 14.2. The zero-order valence-corrected chi connectivity index (χ0v) is 22.1. The average molecular weight is 519 g/mol. The van der Waals surface area contributed by atoms with E-state index in [1.807, 2.05) is 0 Å². The van der Waals surface area contributed by atoms with E-state index in [1.165, 1.54) is 75.9 Å². The normalized spacial score (nSPS) is 12.4. The van der Waals surface area contributed by atoms with Gasteiger partial charge in [0.1, 0.15) is 5.65 Å². The van der Waals surface area contributed by atoms with Gasteiger partial charge in [0.05, 0.1) is 16.6 Å². The summed E-state index contributed by atoms with van der Waals surface area (Å²) in [5.41, 5.74) is 6.84. The summed E-state index contributed by atoms with van der Waals surface area (Å²) in [6.45, 7) is 0. The first-order chi connectivity index (χ1) is 20.3. The zero-order valence-electron chi connectivity index (χ0n) is 22.1. The third-order valence-electron chi connectivity index (χ3n) is 9.09. The molecule has 0 atom stereocenters. The lowest BCUT2D eigenvalue weighted by Gasteiger charge is -2.17. The minimum absolute atomic E-state index is 1.01. The van der Waals surface area contributed by atoms with Crippen molar-refractivity contribution in [3.8, 4) is 11.1 Å². The number of imidazole rings is 1. The Bertz CT molecular complexity index is 2640. The lowest BCUT2D eigenvalue weighted by atomic mass is 9.87. The van der Waals surface area contributed by atoms with Gasteiger partial charge in [-0.15, -0.1) is 0 Å². The van der Waals surface area contributed by atoms with Crippen LogP contribution in [0, 0.1) is 0 Å². The summed E-state index contributed by atoms with van der Waals surface area (Å²) in [5.74, 6) is 0. The number of hydrogen-bond donors (Lipinski definition) is 0. The number of rotatable bonds is 1. The minimum Gasteiger partial charge on any atom is -0.292 e. The molecule has 2 heterocycles. The first-order valence-corrected chi connectivity index (χ1v) is 14.2. The number of benzene rings is 8. The van der Waals surface area contributed by atoms with Crippen LogP contribution in [0.2, 0.25) is 0 Å². The highest BCUT2D eigenvalue weighted by atomic mass is 15.0. The standard InChI is InChI=1S/C39H22N2/c1-3-16-35-26(10-1)33-22-24(18-19-32(33)39-40-34-15-2-4-17-36(34)41(35)39)25-20-21-31-29-12-6-9-23-8-5-11-28(37(23)29)30-14-7-13-27(25)38(30)31/h1-22H. The van der Waals surface area contributed by atoms with E-state index < -0.39 is 0 Å². The molecular formula is C39H22N2. The Balaban J connectivity index is 1.33. The maximum atomic E-state index is 5.09. The molecule has 10 rings (SSSR count). The smallest absolute Gasteiger partial charge is 0.146 e. The molecular weight excluding hydrogens is 496 g/mol. The van der Waals surface area contributed by atoms with Gasteiger partial charge in [-0.25, -0.2) is 4.98 Å². The Morgan fingerprint density at radius 2 is 1.05 bits per heavy atom. The van der Waals surface area contributed by atoms with Crippen molar-refractivity contribution in [1.29, 1.82) is 0 Å². The van der Waals surface area contributed by atoms with Crippen LogP contribution in [0.5, 0.6) is 0 Å². The van der Waals surface area contributed by atoms with Gasteiger partial charge in [-0.2, -0.15) is 0 Å². The summed E-state index contributed by atoms with van der Waals surface area (Å²) in [6, 6.07) is 48.9. The summed E-state index contributed by atoms with van der Waals surface area (Å²) in [4.78, 5) is 5.09. The molecule has 0 N–H and O–H groups in total. The SMILES string of the molecule is c1ccc2c(c1)nc1c3ccc(-c4ccc5c6cccc7cccc(c8cccc4c85)c76)cc3c3ccccc3n21. The molecule has 0 aliphatic carbocycles. The molecule has 0 aliphatic heterocycles. The van der Waals surface area contributed by atoms with Crippen molar-refractivity contribution in [2.75, 3.05) is 0 Å². The van der Waals surface area contributed by atoms with Crippen LogP contribution in [0.25, 0.3) is 92.6 Å². The molecule has 0 saturated carbocycles. The quantitative estimate of drug-likeness (QED) is 0.156. The van der Waals surface area contributed by atoms with Crippen molar-refractivity contribution in [2.45, 2.75) is 0 Å². The highest BCUT2D eigenvalue weighted by Gasteiger charge is 2.17. The second-order valence-electron chi connectivity index (χ2n) is 11.1. The second kappa shape index (κ2) is 7.59. The van der Waals surface area contributed by atoms with Gasteiger partial charge in [0, 0.05) is 10.8 Å². The highest BCUT2D eigenvalue weighted by molar-refractivity contribution is 6.34. The highest BCUT2D eigenvalue weighted by Crippen LogP contribution is 2.44. The van der Waals surface area contributed by atoms with Crippen LogP contribution in [-0.2, 0) is 0 Å². The fourth-order valence-electron chi connectivity index (χ4n) is 7.37.